The Bertz CT molecular complexity index is 1670. The average Bonchev–Trinajstić information content (AvgIpc) is 3.29. The predicted octanol–water partition coefficient (Wildman–Crippen LogP) is 4.63. The Labute approximate surface area is 260 Å². The van der Waals surface area contributed by atoms with Gasteiger partial charge in [0.15, 0.2) is 5.83 Å². The number of aromatic nitrogens is 2. The summed E-state index contributed by atoms with van der Waals surface area (Å²) in [6.07, 6.45) is 0.345. The summed E-state index contributed by atoms with van der Waals surface area (Å²) in [5, 5.41) is 11.8. The highest BCUT2D eigenvalue weighted by Gasteiger charge is 2.43. The highest BCUT2D eigenvalue weighted by Crippen LogP contribution is 2.36. The lowest BCUT2D eigenvalue weighted by Crippen LogP contribution is -2.55. The molecule has 0 N–H and O–H groups in total. The van der Waals surface area contributed by atoms with Gasteiger partial charge in [-0.1, -0.05) is 36.9 Å². The molecule has 6 rings (SSSR count). The number of aryl methyl sites for hydroxylation is 1. The molecule has 45 heavy (non-hydrogen) atoms. The van der Waals surface area contributed by atoms with Crippen LogP contribution in [0.2, 0.25) is 0 Å². The van der Waals surface area contributed by atoms with Crippen molar-refractivity contribution in [2.45, 2.75) is 50.7 Å². The Kier molecular flexibility index (Phi) is 8.31. The van der Waals surface area contributed by atoms with Gasteiger partial charge in [-0.3, -0.25) is 9.69 Å². The van der Waals surface area contributed by atoms with E-state index in [0.29, 0.717) is 31.9 Å². The van der Waals surface area contributed by atoms with Crippen LogP contribution in [0.3, 0.4) is 0 Å². The Balaban J connectivity index is 1.34. The fourth-order valence-electron chi connectivity index (χ4n) is 6.86. The first-order chi connectivity index (χ1) is 21.5. The van der Waals surface area contributed by atoms with Gasteiger partial charge in [-0.2, -0.15) is 15.2 Å². The van der Waals surface area contributed by atoms with Crippen LogP contribution in [0, 0.1) is 18.3 Å². The number of anilines is 2. The maximum absolute atomic E-state index is 14.1. The van der Waals surface area contributed by atoms with Gasteiger partial charge in [-0.25, -0.2) is 13.2 Å². The summed E-state index contributed by atoms with van der Waals surface area (Å²) in [6.45, 7) is 6.92. The van der Waals surface area contributed by atoms with Crippen molar-refractivity contribution in [3.63, 3.8) is 0 Å². The summed E-state index contributed by atoms with van der Waals surface area (Å²) in [5.74, 6) is -4.03. The zero-order chi connectivity index (χ0) is 31.9. The van der Waals surface area contributed by atoms with Crippen LogP contribution < -0.4 is 14.5 Å². The molecular formula is C33H36F3N7O2. The second-order valence-electron chi connectivity index (χ2n) is 12.2. The van der Waals surface area contributed by atoms with Crippen LogP contribution in [0.5, 0.6) is 6.01 Å². The maximum Gasteiger partial charge on any atom is 0.318 e. The highest BCUT2D eigenvalue weighted by molar-refractivity contribution is 5.97. The molecule has 1 aromatic heterocycles. The van der Waals surface area contributed by atoms with Gasteiger partial charge in [-0.05, 0) is 37.4 Å². The van der Waals surface area contributed by atoms with E-state index < -0.39 is 29.7 Å². The van der Waals surface area contributed by atoms with Crippen molar-refractivity contribution in [3.05, 3.63) is 65.6 Å². The van der Waals surface area contributed by atoms with Crippen LogP contribution in [0.4, 0.5) is 24.7 Å². The molecule has 1 amide bonds. The van der Waals surface area contributed by atoms with Crippen molar-refractivity contribution in [1.82, 2.24) is 19.8 Å². The number of likely N-dealkylation sites (N-methyl/N-ethyl adjacent to an activating group) is 1. The van der Waals surface area contributed by atoms with Crippen LogP contribution in [0.15, 0.2) is 48.8 Å². The molecule has 3 aliphatic rings. The van der Waals surface area contributed by atoms with Crippen molar-refractivity contribution < 1.29 is 22.7 Å². The first-order valence-electron chi connectivity index (χ1n) is 15.2. The number of alkyl halides is 2. The highest BCUT2D eigenvalue weighted by atomic mass is 19.3. The second kappa shape index (κ2) is 12.2. The van der Waals surface area contributed by atoms with Gasteiger partial charge in [-0.15, -0.1) is 0 Å². The van der Waals surface area contributed by atoms with E-state index in [-0.39, 0.29) is 45.1 Å². The number of benzene rings is 2. The molecule has 0 bridgehead atoms. The fourth-order valence-corrected chi connectivity index (χ4v) is 6.86. The van der Waals surface area contributed by atoms with Gasteiger partial charge in [0, 0.05) is 55.3 Å². The molecule has 2 aromatic carbocycles. The van der Waals surface area contributed by atoms with E-state index in [9.17, 15) is 23.2 Å². The molecule has 2 atom stereocenters. The average molecular weight is 620 g/mol. The maximum atomic E-state index is 14.1. The summed E-state index contributed by atoms with van der Waals surface area (Å²) >= 11 is 0. The molecule has 0 unspecified atom stereocenters. The summed E-state index contributed by atoms with van der Waals surface area (Å²) < 4.78 is 48.0. The molecule has 236 valence electrons. The molecule has 4 heterocycles. The number of hydrogen-bond acceptors (Lipinski definition) is 8. The monoisotopic (exact) mass is 619 g/mol. The van der Waals surface area contributed by atoms with Gasteiger partial charge < -0.3 is 19.4 Å². The third-order valence-corrected chi connectivity index (χ3v) is 9.10. The summed E-state index contributed by atoms with van der Waals surface area (Å²) in [5.41, 5.74) is 3.97. The number of hydrogen-bond donors (Lipinski definition) is 0. The third-order valence-electron chi connectivity index (χ3n) is 9.10. The third kappa shape index (κ3) is 6.14. The number of piperazine rings is 1. The first-order valence-corrected chi connectivity index (χ1v) is 15.2. The lowest BCUT2D eigenvalue weighted by atomic mass is 9.99. The molecule has 3 aromatic rings. The lowest BCUT2D eigenvalue weighted by Gasteiger charge is -2.42. The Morgan fingerprint density at radius 3 is 2.62 bits per heavy atom. The molecule has 0 aliphatic carbocycles. The number of amides is 1. The molecule has 2 fully saturated rings. The SMILES string of the molecule is C=C(F)C(=O)N1CCN(c2nc(OC[C@@H]3CC(F)(F)CN3C)nc3c2CCN(c2cccc4cccc(C)c24)C3)C[C@@H]1CC#N. The van der Waals surface area contributed by atoms with Gasteiger partial charge >= 0.3 is 6.01 Å². The zero-order valence-corrected chi connectivity index (χ0v) is 25.5. The summed E-state index contributed by atoms with van der Waals surface area (Å²) in [7, 11) is 1.65. The van der Waals surface area contributed by atoms with E-state index in [1.165, 1.54) is 15.8 Å². The van der Waals surface area contributed by atoms with E-state index in [4.69, 9.17) is 14.7 Å². The standard InChI is InChI=1S/C33H36F3N7O2/c1-21-6-4-7-23-8-5-9-28(29(21)23)41-13-11-26-27(18-41)38-32(45-19-25-16-33(35,36)20-40(25)3)39-30(26)42-14-15-43(31(44)22(2)34)24(17-42)10-12-37/h4-9,24-25H,2,10-11,13-20H2,1,3H3/t24-,25-/m0/s1. The first kappa shape index (κ1) is 30.6. The van der Waals surface area contributed by atoms with Crippen LogP contribution in [0.25, 0.3) is 10.8 Å². The fraction of sp³-hybridized carbons (Fsp3) is 0.455. The summed E-state index contributed by atoms with van der Waals surface area (Å²) in [6, 6.07) is 13.6. The second-order valence-corrected chi connectivity index (χ2v) is 12.2. The normalized spacial score (nSPS) is 21.5. The van der Waals surface area contributed by atoms with Crippen molar-refractivity contribution in [1.29, 1.82) is 5.26 Å². The van der Waals surface area contributed by atoms with Gasteiger partial charge in [0.25, 0.3) is 11.8 Å². The molecule has 12 heteroatoms. The molecular weight excluding hydrogens is 583 g/mol. The molecule has 2 saturated heterocycles. The van der Waals surface area contributed by atoms with Crippen LogP contribution in [0.1, 0.15) is 29.7 Å². The van der Waals surface area contributed by atoms with E-state index >= 15 is 0 Å². The minimum Gasteiger partial charge on any atom is -0.462 e. The molecule has 9 nitrogen and oxygen atoms in total. The molecule has 0 saturated carbocycles. The number of ether oxygens (including phenoxy) is 1. The Morgan fingerprint density at radius 2 is 1.91 bits per heavy atom. The number of carbonyl (C=O) groups is 1. The van der Waals surface area contributed by atoms with Crippen molar-refractivity contribution in [3.8, 4) is 12.1 Å². The lowest BCUT2D eigenvalue weighted by molar-refractivity contribution is -0.131. The number of halogens is 3. The summed E-state index contributed by atoms with van der Waals surface area (Å²) in [4.78, 5) is 29.3. The van der Waals surface area contributed by atoms with Crippen molar-refractivity contribution in [2.24, 2.45) is 0 Å². The van der Waals surface area contributed by atoms with Gasteiger partial charge in [0.1, 0.15) is 12.4 Å². The van der Waals surface area contributed by atoms with E-state index in [1.54, 1.807) is 11.9 Å². The Morgan fingerprint density at radius 1 is 1.13 bits per heavy atom. The molecule has 3 aliphatic heterocycles. The number of fused-ring (bicyclic) bond motifs is 2. The van der Waals surface area contributed by atoms with Crippen LogP contribution in [-0.2, 0) is 17.8 Å². The van der Waals surface area contributed by atoms with E-state index in [0.717, 1.165) is 22.3 Å². The largest absolute Gasteiger partial charge is 0.462 e. The zero-order valence-electron chi connectivity index (χ0n) is 25.5. The topological polar surface area (TPSA) is 88.8 Å². The van der Waals surface area contributed by atoms with Gasteiger partial charge in [0.2, 0.25) is 0 Å². The number of carbonyl (C=O) groups excluding carboxylic acids is 1. The van der Waals surface area contributed by atoms with E-state index in [2.05, 4.69) is 48.7 Å². The minimum atomic E-state index is -2.78. The van der Waals surface area contributed by atoms with Crippen molar-refractivity contribution in [2.75, 3.05) is 56.2 Å². The smallest absolute Gasteiger partial charge is 0.318 e. The molecule has 0 radical (unpaired) electrons. The van der Waals surface area contributed by atoms with Crippen LogP contribution in [-0.4, -0.2) is 90.1 Å². The number of rotatable bonds is 7. The number of nitriles is 1. The van der Waals surface area contributed by atoms with Crippen molar-refractivity contribution >= 4 is 28.2 Å². The van der Waals surface area contributed by atoms with Crippen LogP contribution >= 0.6 is 0 Å². The Hall–Kier alpha value is -4.37. The molecule has 0 spiro atoms. The quantitative estimate of drug-likeness (QED) is 0.354. The number of likely N-dealkylation sites (tertiary alicyclic amines) is 1. The number of nitrogens with zero attached hydrogens (tertiary/aromatic N) is 7. The van der Waals surface area contributed by atoms with Gasteiger partial charge in [0.05, 0.1) is 37.3 Å². The van der Waals surface area contributed by atoms with E-state index in [1.807, 2.05) is 17.0 Å². The predicted molar refractivity (Wildman–Crippen MR) is 165 cm³/mol. The minimum absolute atomic E-state index is 0.00843.